The maximum absolute atomic E-state index is 11.5. The van der Waals surface area contributed by atoms with Crippen LogP contribution in [-0.2, 0) is 4.79 Å². The number of hydrogen-bond donors (Lipinski definition) is 2. The molecule has 0 radical (unpaired) electrons. The van der Waals surface area contributed by atoms with Crippen LogP contribution in [0.2, 0.25) is 5.02 Å². The molecule has 3 rings (SSSR count). The highest BCUT2D eigenvalue weighted by Crippen LogP contribution is 2.46. The van der Waals surface area contributed by atoms with E-state index >= 15 is 0 Å². The molecule has 1 aromatic rings. The topological polar surface area (TPSA) is 50.4 Å². The first-order valence-corrected chi connectivity index (χ1v) is 7.43. The van der Waals surface area contributed by atoms with Crippen LogP contribution in [0.4, 0.5) is 0 Å². The highest BCUT2D eigenvalue weighted by atomic mass is 35.5. The standard InChI is InChI=1S/C15H19ClN2O2.ClH/c1-10(19)18-13-9-15(5-7-17-8-6-15)20-14-11(13)3-2-4-12(14)16;/h2-4,13,17H,5-9H2,1H3,(H,18,19);1H. The monoisotopic (exact) mass is 330 g/mol. The highest BCUT2D eigenvalue weighted by molar-refractivity contribution is 6.32. The van der Waals surface area contributed by atoms with Gasteiger partial charge in [0.15, 0.2) is 0 Å². The van der Waals surface area contributed by atoms with E-state index in [9.17, 15) is 4.79 Å². The second-order valence-electron chi connectivity index (χ2n) is 5.65. The Kier molecular flexibility index (Phi) is 5.02. The average Bonchev–Trinajstić information content (AvgIpc) is 2.40. The summed E-state index contributed by atoms with van der Waals surface area (Å²) in [5.41, 5.74) is 0.771. The summed E-state index contributed by atoms with van der Waals surface area (Å²) < 4.78 is 6.28. The number of rotatable bonds is 1. The molecular weight excluding hydrogens is 311 g/mol. The third-order valence-corrected chi connectivity index (χ3v) is 4.46. The molecule has 0 aromatic heterocycles. The van der Waals surface area contributed by atoms with Crippen molar-refractivity contribution in [1.29, 1.82) is 0 Å². The zero-order valence-corrected chi connectivity index (χ0v) is 13.5. The summed E-state index contributed by atoms with van der Waals surface area (Å²) in [5, 5.41) is 7.01. The van der Waals surface area contributed by atoms with Crippen molar-refractivity contribution in [2.75, 3.05) is 13.1 Å². The number of benzene rings is 1. The lowest BCUT2D eigenvalue weighted by Gasteiger charge is -2.45. The fourth-order valence-corrected chi connectivity index (χ4v) is 3.43. The quantitative estimate of drug-likeness (QED) is 0.832. The number of fused-ring (bicyclic) bond motifs is 1. The third-order valence-electron chi connectivity index (χ3n) is 4.16. The second-order valence-corrected chi connectivity index (χ2v) is 6.06. The van der Waals surface area contributed by atoms with Crippen molar-refractivity contribution in [1.82, 2.24) is 10.6 Å². The van der Waals surface area contributed by atoms with Gasteiger partial charge in [-0.15, -0.1) is 12.4 Å². The number of para-hydroxylation sites is 1. The molecule has 2 aliphatic heterocycles. The van der Waals surface area contributed by atoms with Crippen molar-refractivity contribution in [3.05, 3.63) is 28.8 Å². The zero-order chi connectivity index (χ0) is 14.2. The molecule has 2 heterocycles. The molecule has 1 spiro atoms. The van der Waals surface area contributed by atoms with Gasteiger partial charge >= 0.3 is 0 Å². The van der Waals surface area contributed by atoms with Gasteiger partial charge in [-0.2, -0.15) is 0 Å². The summed E-state index contributed by atoms with van der Waals surface area (Å²) in [4.78, 5) is 11.5. The minimum atomic E-state index is -0.212. The van der Waals surface area contributed by atoms with Crippen molar-refractivity contribution in [3.63, 3.8) is 0 Å². The third kappa shape index (κ3) is 3.28. The van der Waals surface area contributed by atoms with Crippen molar-refractivity contribution in [3.8, 4) is 5.75 Å². The molecule has 116 valence electrons. The van der Waals surface area contributed by atoms with Crippen LogP contribution in [0.25, 0.3) is 0 Å². The molecule has 1 unspecified atom stereocenters. The summed E-state index contributed by atoms with van der Waals surface area (Å²) in [6, 6.07) is 5.70. The smallest absolute Gasteiger partial charge is 0.217 e. The molecule has 0 saturated carbocycles. The molecule has 1 fully saturated rings. The van der Waals surface area contributed by atoms with Crippen molar-refractivity contribution >= 4 is 29.9 Å². The number of carbonyl (C=O) groups excluding carboxylic acids is 1. The van der Waals surface area contributed by atoms with Gasteiger partial charge in [0.1, 0.15) is 11.4 Å². The van der Waals surface area contributed by atoms with Gasteiger partial charge in [0, 0.05) is 18.9 Å². The molecule has 0 aliphatic carbocycles. The van der Waals surface area contributed by atoms with Gasteiger partial charge in [-0.1, -0.05) is 23.7 Å². The van der Waals surface area contributed by atoms with Gasteiger partial charge in [0.25, 0.3) is 0 Å². The Balaban J connectivity index is 0.00000161. The number of piperidine rings is 1. The van der Waals surface area contributed by atoms with E-state index in [0.29, 0.717) is 5.02 Å². The van der Waals surface area contributed by atoms with E-state index in [2.05, 4.69) is 10.6 Å². The fraction of sp³-hybridized carbons (Fsp3) is 0.533. The van der Waals surface area contributed by atoms with E-state index in [-0.39, 0.29) is 30.0 Å². The number of hydrogen-bond acceptors (Lipinski definition) is 3. The predicted molar refractivity (Wildman–Crippen MR) is 85.3 cm³/mol. The molecule has 2 N–H and O–H groups in total. The fourth-order valence-electron chi connectivity index (χ4n) is 3.21. The van der Waals surface area contributed by atoms with E-state index in [1.165, 1.54) is 0 Å². The van der Waals surface area contributed by atoms with Crippen LogP contribution in [0.15, 0.2) is 18.2 Å². The number of nitrogens with one attached hydrogen (secondary N) is 2. The van der Waals surface area contributed by atoms with E-state index in [1.54, 1.807) is 6.92 Å². The minimum absolute atomic E-state index is 0. The summed E-state index contributed by atoms with van der Waals surface area (Å²) in [5.74, 6) is 0.716. The van der Waals surface area contributed by atoms with E-state index in [1.807, 2.05) is 18.2 Å². The first-order chi connectivity index (χ1) is 9.60. The van der Waals surface area contributed by atoms with Gasteiger partial charge in [0.05, 0.1) is 11.1 Å². The molecule has 0 bridgehead atoms. The summed E-state index contributed by atoms with van der Waals surface area (Å²) in [7, 11) is 0. The Hall–Kier alpha value is -0.970. The average molecular weight is 331 g/mol. The molecule has 1 aromatic carbocycles. The first-order valence-electron chi connectivity index (χ1n) is 7.05. The molecule has 6 heteroatoms. The number of amides is 1. The zero-order valence-electron chi connectivity index (χ0n) is 11.9. The van der Waals surface area contributed by atoms with Crippen molar-refractivity contribution in [2.45, 2.75) is 37.8 Å². The van der Waals surface area contributed by atoms with Gasteiger partial charge < -0.3 is 15.4 Å². The SMILES string of the molecule is CC(=O)NC1CC2(CCNCC2)Oc2c(Cl)cccc21.Cl. The molecule has 1 saturated heterocycles. The Bertz CT molecular complexity index is 530. The molecule has 4 nitrogen and oxygen atoms in total. The minimum Gasteiger partial charge on any atom is -0.485 e. The van der Waals surface area contributed by atoms with Crippen molar-refractivity contribution in [2.24, 2.45) is 0 Å². The number of carbonyl (C=O) groups is 1. The Morgan fingerprint density at radius 1 is 1.43 bits per heavy atom. The van der Waals surface area contributed by atoms with Gasteiger partial charge in [0.2, 0.25) is 5.91 Å². The Morgan fingerprint density at radius 3 is 2.81 bits per heavy atom. The van der Waals surface area contributed by atoms with E-state index in [0.717, 1.165) is 43.7 Å². The number of ether oxygens (including phenoxy) is 1. The van der Waals surface area contributed by atoms with Crippen LogP contribution in [0, 0.1) is 0 Å². The van der Waals surface area contributed by atoms with Crippen LogP contribution in [0.3, 0.4) is 0 Å². The lowest BCUT2D eigenvalue weighted by atomic mass is 9.81. The highest BCUT2D eigenvalue weighted by Gasteiger charge is 2.42. The molecule has 1 atom stereocenters. The maximum Gasteiger partial charge on any atom is 0.217 e. The van der Waals surface area contributed by atoms with Crippen molar-refractivity contribution < 1.29 is 9.53 Å². The molecule has 2 aliphatic rings. The maximum atomic E-state index is 11.5. The summed E-state index contributed by atoms with van der Waals surface area (Å²) in [6.07, 6.45) is 2.68. The number of halogens is 2. The van der Waals surface area contributed by atoms with Crippen LogP contribution in [0.1, 0.15) is 37.8 Å². The Morgan fingerprint density at radius 2 is 2.14 bits per heavy atom. The summed E-state index contributed by atoms with van der Waals surface area (Å²) >= 11 is 6.29. The first kappa shape index (κ1) is 16.4. The molecular formula is C15H20Cl2N2O2. The normalized spacial score (nSPS) is 22.7. The van der Waals surface area contributed by atoms with Crippen LogP contribution in [0.5, 0.6) is 5.75 Å². The lowest BCUT2D eigenvalue weighted by molar-refractivity contribution is -0.120. The van der Waals surface area contributed by atoms with Crippen LogP contribution in [-0.4, -0.2) is 24.6 Å². The largest absolute Gasteiger partial charge is 0.485 e. The molecule has 21 heavy (non-hydrogen) atoms. The van der Waals surface area contributed by atoms with Crippen LogP contribution >= 0.6 is 24.0 Å². The van der Waals surface area contributed by atoms with Gasteiger partial charge in [-0.3, -0.25) is 4.79 Å². The predicted octanol–water partition coefficient (Wildman–Crippen LogP) is 2.84. The summed E-state index contributed by atoms with van der Waals surface area (Å²) in [6.45, 7) is 3.42. The van der Waals surface area contributed by atoms with Gasteiger partial charge in [-0.05, 0) is 32.0 Å². The van der Waals surface area contributed by atoms with E-state index in [4.69, 9.17) is 16.3 Å². The second kappa shape index (κ2) is 6.42. The van der Waals surface area contributed by atoms with E-state index < -0.39 is 0 Å². The van der Waals surface area contributed by atoms with Gasteiger partial charge in [-0.25, -0.2) is 0 Å². The lowest BCUT2D eigenvalue weighted by Crippen LogP contribution is -2.51. The van der Waals surface area contributed by atoms with Crippen LogP contribution < -0.4 is 15.4 Å². The Labute approximate surface area is 136 Å². The molecule has 1 amide bonds.